The van der Waals surface area contributed by atoms with Crippen molar-refractivity contribution in [3.05, 3.63) is 40.2 Å². The molecule has 21 heavy (non-hydrogen) atoms. The van der Waals surface area contributed by atoms with Gasteiger partial charge in [-0.2, -0.15) is 4.98 Å². The van der Waals surface area contributed by atoms with Crippen LogP contribution in [-0.4, -0.2) is 41.3 Å². The number of hydrogen-bond donors (Lipinski definition) is 3. The number of aromatic amines is 1. The van der Waals surface area contributed by atoms with Crippen molar-refractivity contribution in [1.82, 2.24) is 15.3 Å². The Morgan fingerprint density at radius 2 is 2.05 bits per heavy atom. The molecule has 2 aromatic rings. The highest BCUT2D eigenvalue weighted by Gasteiger charge is 2.18. The zero-order chi connectivity index (χ0) is 14.8. The van der Waals surface area contributed by atoms with Gasteiger partial charge < -0.3 is 15.3 Å². The first-order chi connectivity index (χ1) is 10.1. The molecule has 1 aliphatic heterocycles. The standard InChI is InChI=1S/C15H18N4O2/c1-10-3-2-4-11(9-10)12-13(20)17-15(18-14(12)21)19-7-5-16-6-8-19/h2-4,9,16H,5-8H2,1H3,(H2,17,18,20,21). The minimum absolute atomic E-state index is 0.220. The zero-order valence-electron chi connectivity index (χ0n) is 11.9. The highest BCUT2D eigenvalue weighted by atomic mass is 16.3. The molecule has 1 aliphatic rings. The Balaban J connectivity index is 2.02. The molecule has 0 bridgehead atoms. The summed E-state index contributed by atoms with van der Waals surface area (Å²) in [5, 5.41) is 13.4. The summed E-state index contributed by atoms with van der Waals surface area (Å²) in [5.41, 5.74) is 1.60. The molecule has 0 spiro atoms. The van der Waals surface area contributed by atoms with E-state index in [-0.39, 0.29) is 17.0 Å². The third kappa shape index (κ3) is 2.75. The fraction of sp³-hybridized carbons (Fsp3) is 0.333. The lowest BCUT2D eigenvalue weighted by Crippen LogP contribution is -2.44. The van der Waals surface area contributed by atoms with Crippen molar-refractivity contribution in [2.45, 2.75) is 6.92 Å². The molecule has 3 rings (SSSR count). The van der Waals surface area contributed by atoms with Crippen LogP contribution in [0.2, 0.25) is 0 Å². The van der Waals surface area contributed by atoms with Crippen molar-refractivity contribution < 1.29 is 5.11 Å². The van der Waals surface area contributed by atoms with Crippen LogP contribution in [0.15, 0.2) is 29.1 Å². The first-order valence-electron chi connectivity index (χ1n) is 7.01. The normalized spacial score (nSPS) is 15.2. The largest absolute Gasteiger partial charge is 0.493 e. The maximum Gasteiger partial charge on any atom is 0.264 e. The van der Waals surface area contributed by atoms with Gasteiger partial charge in [0.05, 0.1) is 0 Å². The third-order valence-corrected chi connectivity index (χ3v) is 3.61. The molecule has 0 radical (unpaired) electrons. The van der Waals surface area contributed by atoms with Gasteiger partial charge in [0.25, 0.3) is 5.56 Å². The van der Waals surface area contributed by atoms with Gasteiger partial charge in [-0.1, -0.05) is 29.8 Å². The van der Waals surface area contributed by atoms with E-state index in [1.807, 2.05) is 30.0 Å². The minimum Gasteiger partial charge on any atom is -0.493 e. The van der Waals surface area contributed by atoms with Gasteiger partial charge in [0.1, 0.15) is 5.56 Å². The average molecular weight is 286 g/mol. The molecule has 1 aromatic heterocycles. The van der Waals surface area contributed by atoms with E-state index in [1.54, 1.807) is 6.07 Å². The summed E-state index contributed by atoms with van der Waals surface area (Å²) in [5.74, 6) is 0.202. The zero-order valence-corrected chi connectivity index (χ0v) is 11.9. The Kier molecular flexibility index (Phi) is 3.62. The molecule has 110 valence electrons. The number of nitrogens with zero attached hydrogens (tertiary/aromatic N) is 2. The fourth-order valence-corrected chi connectivity index (χ4v) is 2.54. The van der Waals surface area contributed by atoms with Crippen molar-refractivity contribution in [3.8, 4) is 17.0 Å². The summed E-state index contributed by atoms with van der Waals surface area (Å²) in [6.45, 7) is 5.13. The second-order valence-electron chi connectivity index (χ2n) is 5.19. The van der Waals surface area contributed by atoms with Gasteiger partial charge >= 0.3 is 0 Å². The number of anilines is 1. The third-order valence-electron chi connectivity index (χ3n) is 3.61. The molecule has 0 aliphatic carbocycles. The van der Waals surface area contributed by atoms with Crippen LogP contribution in [0.25, 0.3) is 11.1 Å². The van der Waals surface area contributed by atoms with E-state index >= 15 is 0 Å². The predicted molar refractivity (Wildman–Crippen MR) is 81.8 cm³/mol. The molecule has 0 saturated carbocycles. The second kappa shape index (κ2) is 5.57. The smallest absolute Gasteiger partial charge is 0.264 e. The summed E-state index contributed by atoms with van der Waals surface area (Å²) >= 11 is 0. The highest BCUT2D eigenvalue weighted by Crippen LogP contribution is 2.25. The first-order valence-corrected chi connectivity index (χ1v) is 7.01. The van der Waals surface area contributed by atoms with Gasteiger partial charge in [0.2, 0.25) is 11.8 Å². The average Bonchev–Trinajstić information content (AvgIpc) is 2.47. The number of benzene rings is 1. The van der Waals surface area contributed by atoms with Gasteiger partial charge in [-0.05, 0) is 12.5 Å². The Bertz CT molecular complexity index is 705. The molecule has 3 N–H and O–H groups in total. The van der Waals surface area contributed by atoms with Crippen LogP contribution >= 0.6 is 0 Å². The van der Waals surface area contributed by atoms with Crippen LogP contribution in [0.1, 0.15) is 5.56 Å². The molecular formula is C15H18N4O2. The number of nitrogens with one attached hydrogen (secondary N) is 2. The Morgan fingerprint density at radius 1 is 1.29 bits per heavy atom. The van der Waals surface area contributed by atoms with Gasteiger partial charge in [0, 0.05) is 26.2 Å². The Labute approximate surface area is 122 Å². The predicted octanol–water partition coefficient (Wildman–Crippen LogP) is 0.861. The Hall–Kier alpha value is -2.34. The van der Waals surface area contributed by atoms with E-state index < -0.39 is 0 Å². The lowest BCUT2D eigenvalue weighted by atomic mass is 10.1. The lowest BCUT2D eigenvalue weighted by Gasteiger charge is -2.27. The molecular weight excluding hydrogens is 268 g/mol. The summed E-state index contributed by atoms with van der Waals surface area (Å²) in [7, 11) is 0. The minimum atomic E-state index is -0.318. The van der Waals surface area contributed by atoms with E-state index in [0.717, 1.165) is 31.7 Å². The van der Waals surface area contributed by atoms with Crippen LogP contribution in [0.3, 0.4) is 0 Å². The van der Waals surface area contributed by atoms with Crippen LogP contribution in [0.5, 0.6) is 5.88 Å². The fourth-order valence-electron chi connectivity index (χ4n) is 2.54. The van der Waals surface area contributed by atoms with E-state index in [1.165, 1.54) is 0 Å². The molecule has 0 atom stereocenters. The van der Waals surface area contributed by atoms with Crippen molar-refractivity contribution in [2.75, 3.05) is 31.1 Å². The van der Waals surface area contributed by atoms with Gasteiger partial charge in [0.15, 0.2) is 0 Å². The monoisotopic (exact) mass is 286 g/mol. The van der Waals surface area contributed by atoms with E-state index in [2.05, 4.69) is 15.3 Å². The van der Waals surface area contributed by atoms with Crippen molar-refractivity contribution >= 4 is 5.95 Å². The molecule has 0 amide bonds. The lowest BCUT2D eigenvalue weighted by molar-refractivity contribution is 0.451. The number of rotatable bonds is 2. The van der Waals surface area contributed by atoms with Crippen molar-refractivity contribution in [2.24, 2.45) is 0 Å². The van der Waals surface area contributed by atoms with Crippen molar-refractivity contribution in [1.29, 1.82) is 0 Å². The van der Waals surface area contributed by atoms with E-state index in [0.29, 0.717) is 11.5 Å². The number of piperazine rings is 1. The van der Waals surface area contributed by atoms with E-state index in [4.69, 9.17) is 0 Å². The number of hydrogen-bond acceptors (Lipinski definition) is 5. The van der Waals surface area contributed by atoms with Crippen LogP contribution in [-0.2, 0) is 0 Å². The molecule has 1 fully saturated rings. The maximum atomic E-state index is 12.3. The first kappa shape index (κ1) is 13.6. The van der Waals surface area contributed by atoms with Gasteiger partial charge in [-0.15, -0.1) is 0 Å². The summed E-state index contributed by atoms with van der Waals surface area (Å²) in [6.07, 6.45) is 0. The quantitative estimate of drug-likeness (QED) is 0.763. The van der Waals surface area contributed by atoms with E-state index in [9.17, 15) is 9.90 Å². The second-order valence-corrected chi connectivity index (χ2v) is 5.19. The van der Waals surface area contributed by atoms with Gasteiger partial charge in [-0.3, -0.25) is 9.78 Å². The van der Waals surface area contributed by atoms with Gasteiger partial charge in [-0.25, -0.2) is 0 Å². The maximum absolute atomic E-state index is 12.3. The number of aryl methyl sites for hydroxylation is 1. The molecule has 2 heterocycles. The van der Waals surface area contributed by atoms with Crippen LogP contribution in [0, 0.1) is 6.92 Å². The number of aromatic nitrogens is 2. The van der Waals surface area contributed by atoms with Crippen molar-refractivity contribution in [3.63, 3.8) is 0 Å². The summed E-state index contributed by atoms with van der Waals surface area (Å²) in [6, 6.07) is 7.45. The topological polar surface area (TPSA) is 81.2 Å². The van der Waals surface area contributed by atoms with Crippen LogP contribution < -0.4 is 15.8 Å². The summed E-state index contributed by atoms with van der Waals surface area (Å²) in [4.78, 5) is 21.2. The molecule has 0 unspecified atom stereocenters. The highest BCUT2D eigenvalue weighted by molar-refractivity contribution is 5.68. The molecule has 6 heteroatoms. The summed E-state index contributed by atoms with van der Waals surface area (Å²) < 4.78 is 0. The van der Waals surface area contributed by atoms with Crippen LogP contribution in [0.4, 0.5) is 5.95 Å². The number of H-pyrrole nitrogens is 1. The number of aromatic hydroxyl groups is 1. The molecule has 1 aromatic carbocycles. The SMILES string of the molecule is Cc1cccc(-c2c(O)nc(N3CCNCC3)[nH]c2=O)c1. The molecule has 1 saturated heterocycles. The molecule has 6 nitrogen and oxygen atoms in total. The Morgan fingerprint density at radius 3 is 2.71 bits per heavy atom.